The van der Waals surface area contributed by atoms with Gasteiger partial charge in [-0.05, 0) is 37.0 Å². The molecule has 1 aromatic carbocycles. The first-order valence-electron chi connectivity index (χ1n) is 6.32. The van der Waals surface area contributed by atoms with Crippen molar-refractivity contribution in [2.45, 2.75) is 44.2 Å². The molecule has 1 aromatic rings. The van der Waals surface area contributed by atoms with Crippen LogP contribution in [0.3, 0.4) is 0 Å². The van der Waals surface area contributed by atoms with Gasteiger partial charge in [-0.2, -0.15) is 4.31 Å². The average Bonchev–Trinajstić information content (AvgIpc) is 3.14. The number of nitrogens with two attached hydrogens (primary N) is 1. The van der Waals surface area contributed by atoms with Crippen LogP contribution in [0, 0.1) is 6.92 Å². The molecule has 0 radical (unpaired) electrons. The van der Waals surface area contributed by atoms with Crippen molar-refractivity contribution in [3.05, 3.63) is 29.3 Å². The van der Waals surface area contributed by atoms with Crippen LogP contribution in [0.4, 0.5) is 0 Å². The van der Waals surface area contributed by atoms with Crippen LogP contribution in [0.5, 0.6) is 0 Å². The van der Waals surface area contributed by atoms with E-state index in [1.165, 1.54) is 0 Å². The van der Waals surface area contributed by atoms with Gasteiger partial charge in [0.2, 0.25) is 10.0 Å². The molecule has 1 aliphatic carbocycles. The SMILES string of the molecule is CCN(C1CC1)S(=O)(=O)c1cc(CN)ccc1C. The van der Waals surface area contributed by atoms with E-state index in [1.54, 1.807) is 10.4 Å². The van der Waals surface area contributed by atoms with E-state index in [0.29, 0.717) is 18.0 Å². The smallest absolute Gasteiger partial charge is 0.243 e. The highest BCUT2D eigenvalue weighted by molar-refractivity contribution is 7.89. The van der Waals surface area contributed by atoms with Crippen LogP contribution in [0.25, 0.3) is 0 Å². The second-order valence-electron chi connectivity index (χ2n) is 4.74. The Hall–Kier alpha value is -0.910. The molecule has 0 spiro atoms. The molecular formula is C13H20N2O2S. The molecule has 0 bridgehead atoms. The standard InChI is InChI=1S/C13H20N2O2S/c1-3-15(12-6-7-12)18(16,17)13-8-11(9-14)5-4-10(13)2/h4-5,8,12H,3,6-7,9,14H2,1-2H3. The van der Waals surface area contributed by atoms with Crippen LogP contribution < -0.4 is 5.73 Å². The first kappa shape index (κ1) is 13.5. The van der Waals surface area contributed by atoms with Crippen LogP contribution >= 0.6 is 0 Å². The fourth-order valence-corrected chi connectivity index (χ4v) is 4.13. The van der Waals surface area contributed by atoms with E-state index in [2.05, 4.69) is 0 Å². The topological polar surface area (TPSA) is 63.4 Å². The maximum Gasteiger partial charge on any atom is 0.243 e. The summed E-state index contributed by atoms with van der Waals surface area (Å²) in [6.45, 7) is 4.60. The zero-order valence-electron chi connectivity index (χ0n) is 10.9. The Morgan fingerprint density at radius 1 is 1.39 bits per heavy atom. The molecule has 1 fully saturated rings. The van der Waals surface area contributed by atoms with Crippen LogP contribution in [0.2, 0.25) is 0 Å². The van der Waals surface area contributed by atoms with Gasteiger partial charge >= 0.3 is 0 Å². The second-order valence-corrected chi connectivity index (χ2v) is 6.60. The Morgan fingerprint density at radius 3 is 2.56 bits per heavy atom. The molecule has 0 saturated heterocycles. The van der Waals surface area contributed by atoms with Crippen LogP contribution in [0.15, 0.2) is 23.1 Å². The van der Waals surface area contributed by atoms with Gasteiger partial charge in [0.1, 0.15) is 0 Å². The number of nitrogens with zero attached hydrogens (tertiary/aromatic N) is 1. The van der Waals surface area contributed by atoms with E-state index in [1.807, 2.05) is 26.0 Å². The molecule has 0 unspecified atom stereocenters. The van der Waals surface area contributed by atoms with E-state index >= 15 is 0 Å². The molecule has 0 aromatic heterocycles. The summed E-state index contributed by atoms with van der Waals surface area (Å²) in [5.74, 6) is 0. The van der Waals surface area contributed by atoms with Crippen molar-refractivity contribution in [2.24, 2.45) is 5.73 Å². The number of hydrogen-bond donors (Lipinski definition) is 1. The highest BCUT2D eigenvalue weighted by Gasteiger charge is 2.37. The minimum atomic E-state index is -3.37. The lowest BCUT2D eigenvalue weighted by Gasteiger charge is -2.21. The average molecular weight is 268 g/mol. The Labute approximate surface area is 109 Å². The summed E-state index contributed by atoms with van der Waals surface area (Å²) in [5, 5.41) is 0. The van der Waals surface area contributed by atoms with Crippen molar-refractivity contribution >= 4 is 10.0 Å². The van der Waals surface area contributed by atoms with Gasteiger partial charge in [-0.15, -0.1) is 0 Å². The molecule has 5 heteroatoms. The van der Waals surface area contributed by atoms with E-state index < -0.39 is 10.0 Å². The largest absolute Gasteiger partial charge is 0.326 e. The van der Waals surface area contributed by atoms with Crippen molar-refractivity contribution in [2.75, 3.05) is 6.54 Å². The van der Waals surface area contributed by atoms with Gasteiger partial charge in [0, 0.05) is 19.1 Å². The molecule has 0 heterocycles. The number of aryl methyl sites for hydroxylation is 1. The first-order chi connectivity index (χ1) is 8.50. The van der Waals surface area contributed by atoms with Crippen LogP contribution in [0.1, 0.15) is 30.9 Å². The quantitative estimate of drug-likeness (QED) is 0.882. The molecule has 0 amide bonds. The summed E-state index contributed by atoms with van der Waals surface area (Å²) < 4.78 is 26.8. The molecule has 2 N–H and O–H groups in total. The van der Waals surface area contributed by atoms with Gasteiger partial charge in [-0.25, -0.2) is 8.42 Å². The predicted octanol–water partition coefficient (Wildman–Crippen LogP) is 1.63. The zero-order chi connectivity index (χ0) is 13.3. The molecule has 2 rings (SSSR count). The monoisotopic (exact) mass is 268 g/mol. The Balaban J connectivity index is 2.45. The Bertz CT molecular complexity index is 536. The molecule has 0 atom stereocenters. The van der Waals surface area contributed by atoms with Gasteiger partial charge in [0.05, 0.1) is 4.90 Å². The molecule has 100 valence electrons. The molecule has 18 heavy (non-hydrogen) atoms. The fraction of sp³-hybridized carbons (Fsp3) is 0.538. The summed E-state index contributed by atoms with van der Waals surface area (Å²) in [5.41, 5.74) is 7.22. The second kappa shape index (κ2) is 4.99. The summed E-state index contributed by atoms with van der Waals surface area (Å²) >= 11 is 0. The third-order valence-corrected chi connectivity index (χ3v) is 5.51. The van der Waals surface area contributed by atoms with E-state index in [0.717, 1.165) is 24.0 Å². The minimum absolute atomic E-state index is 0.195. The Kier molecular flexibility index (Phi) is 3.75. The lowest BCUT2D eigenvalue weighted by atomic mass is 10.1. The summed E-state index contributed by atoms with van der Waals surface area (Å²) in [6, 6.07) is 5.61. The van der Waals surface area contributed by atoms with Crippen molar-refractivity contribution < 1.29 is 8.42 Å². The lowest BCUT2D eigenvalue weighted by Crippen LogP contribution is -2.33. The fourth-order valence-electron chi connectivity index (χ4n) is 2.16. The summed E-state index contributed by atoms with van der Waals surface area (Å²) in [7, 11) is -3.37. The maximum absolute atomic E-state index is 12.6. The summed E-state index contributed by atoms with van der Waals surface area (Å²) in [4.78, 5) is 0.402. The van der Waals surface area contributed by atoms with E-state index in [-0.39, 0.29) is 6.04 Å². The number of hydrogen-bond acceptors (Lipinski definition) is 3. The molecule has 1 saturated carbocycles. The lowest BCUT2D eigenvalue weighted by molar-refractivity contribution is 0.420. The van der Waals surface area contributed by atoms with Crippen molar-refractivity contribution in [3.8, 4) is 0 Å². The third kappa shape index (κ3) is 2.43. The molecular weight excluding hydrogens is 248 g/mol. The third-order valence-electron chi connectivity index (χ3n) is 3.34. The van der Waals surface area contributed by atoms with Gasteiger partial charge in [0.15, 0.2) is 0 Å². The Morgan fingerprint density at radius 2 is 2.06 bits per heavy atom. The highest BCUT2D eigenvalue weighted by Crippen LogP contribution is 2.32. The number of sulfonamides is 1. The van der Waals surface area contributed by atoms with Gasteiger partial charge in [-0.1, -0.05) is 19.1 Å². The van der Waals surface area contributed by atoms with Gasteiger partial charge in [-0.3, -0.25) is 0 Å². The number of benzene rings is 1. The van der Waals surface area contributed by atoms with E-state index in [9.17, 15) is 8.42 Å². The van der Waals surface area contributed by atoms with Crippen molar-refractivity contribution in [1.82, 2.24) is 4.31 Å². The van der Waals surface area contributed by atoms with Crippen molar-refractivity contribution in [1.29, 1.82) is 0 Å². The first-order valence-corrected chi connectivity index (χ1v) is 7.76. The number of rotatable bonds is 5. The zero-order valence-corrected chi connectivity index (χ0v) is 11.7. The predicted molar refractivity (Wildman–Crippen MR) is 71.7 cm³/mol. The van der Waals surface area contributed by atoms with Gasteiger partial charge < -0.3 is 5.73 Å². The molecule has 4 nitrogen and oxygen atoms in total. The highest BCUT2D eigenvalue weighted by atomic mass is 32.2. The van der Waals surface area contributed by atoms with Crippen LogP contribution in [-0.2, 0) is 16.6 Å². The van der Waals surface area contributed by atoms with Crippen molar-refractivity contribution in [3.63, 3.8) is 0 Å². The molecule has 0 aliphatic heterocycles. The summed E-state index contributed by atoms with van der Waals surface area (Å²) in [6.07, 6.45) is 1.95. The normalized spacial score (nSPS) is 16.2. The molecule has 1 aliphatic rings. The van der Waals surface area contributed by atoms with Crippen LogP contribution in [-0.4, -0.2) is 25.3 Å². The van der Waals surface area contributed by atoms with Gasteiger partial charge in [0.25, 0.3) is 0 Å². The minimum Gasteiger partial charge on any atom is -0.326 e. The maximum atomic E-state index is 12.6. The van der Waals surface area contributed by atoms with E-state index in [4.69, 9.17) is 5.73 Å².